The Balaban J connectivity index is 3.01. The van der Waals surface area contributed by atoms with Crippen molar-refractivity contribution in [3.8, 4) is 0 Å². The maximum atomic E-state index is 9.39. The predicted molar refractivity (Wildman–Crippen MR) is 71.0 cm³/mol. The van der Waals surface area contributed by atoms with Crippen LogP contribution in [0, 0.1) is 0 Å². The van der Waals surface area contributed by atoms with Gasteiger partial charge in [-0.2, -0.15) is 0 Å². The van der Waals surface area contributed by atoms with Crippen LogP contribution in [0.5, 0.6) is 0 Å². The van der Waals surface area contributed by atoms with Crippen molar-refractivity contribution in [2.75, 3.05) is 0 Å². The minimum atomic E-state index is -0.514. The standard InChI is InChI=1S/C9H18I2O/c1-2-3-4-5-6-7-8-9(10,11)12/h12H,2-8H2,1H3. The molecule has 0 aromatic rings. The highest BCUT2D eigenvalue weighted by molar-refractivity contribution is 14.2. The molecule has 0 radical (unpaired) electrons. The van der Waals surface area contributed by atoms with Crippen LogP contribution in [0.25, 0.3) is 0 Å². The van der Waals surface area contributed by atoms with Crippen molar-refractivity contribution in [3.63, 3.8) is 0 Å². The van der Waals surface area contributed by atoms with Gasteiger partial charge in [0.15, 0.2) is 1.61 Å². The molecule has 0 unspecified atom stereocenters. The summed E-state index contributed by atoms with van der Waals surface area (Å²) in [5, 5.41) is 9.39. The van der Waals surface area contributed by atoms with Crippen molar-refractivity contribution in [2.24, 2.45) is 0 Å². The number of hydrogen-bond donors (Lipinski definition) is 1. The Morgan fingerprint density at radius 1 is 1.00 bits per heavy atom. The van der Waals surface area contributed by atoms with Crippen LogP contribution in [-0.2, 0) is 0 Å². The van der Waals surface area contributed by atoms with Crippen molar-refractivity contribution in [2.45, 2.75) is 53.5 Å². The third kappa shape index (κ3) is 11.4. The first-order chi connectivity index (χ1) is 5.56. The molecule has 0 aliphatic carbocycles. The van der Waals surface area contributed by atoms with Gasteiger partial charge in [0.2, 0.25) is 0 Å². The molecule has 0 bridgehead atoms. The van der Waals surface area contributed by atoms with E-state index in [1.165, 1.54) is 32.1 Å². The predicted octanol–water partition coefficient (Wildman–Crippen LogP) is 4.25. The maximum Gasteiger partial charge on any atom is 0.166 e. The van der Waals surface area contributed by atoms with Gasteiger partial charge in [0.05, 0.1) is 0 Å². The molecule has 12 heavy (non-hydrogen) atoms. The molecule has 0 aromatic heterocycles. The van der Waals surface area contributed by atoms with E-state index in [1.54, 1.807) is 0 Å². The summed E-state index contributed by atoms with van der Waals surface area (Å²) in [6.07, 6.45) is 8.70. The van der Waals surface area contributed by atoms with Gasteiger partial charge in [0.1, 0.15) is 0 Å². The minimum absolute atomic E-state index is 0.514. The van der Waals surface area contributed by atoms with Crippen LogP contribution in [0.3, 0.4) is 0 Å². The molecular weight excluding hydrogens is 378 g/mol. The molecule has 0 rings (SSSR count). The average molecular weight is 396 g/mol. The molecule has 0 saturated heterocycles. The van der Waals surface area contributed by atoms with Crippen molar-refractivity contribution in [1.29, 1.82) is 0 Å². The summed E-state index contributed by atoms with van der Waals surface area (Å²) in [6, 6.07) is 0. The van der Waals surface area contributed by atoms with E-state index >= 15 is 0 Å². The molecule has 0 spiro atoms. The molecule has 0 amide bonds. The number of aliphatic hydroxyl groups is 1. The Kier molecular flexibility index (Phi) is 8.71. The van der Waals surface area contributed by atoms with Gasteiger partial charge in [-0.3, -0.25) is 0 Å². The fraction of sp³-hybridized carbons (Fsp3) is 1.00. The molecular formula is C9H18I2O. The van der Waals surface area contributed by atoms with Crippen molar-refractivity contribution in [1.82, 2.24) is 0 Å². The summed E-state index contributed by atoms with van der Waals surface area (Å²) < 4.78 is -0.514. The Labute approximate surface area is 103 Å². The van der Waals surface area contributed by atoms with Crippen LogP contribution in [-0.4, -0.2) is 6.72 Å². The summed E-state index contributed by atoms with van der Waals surface area (Å²) in [5.41, 5.74) is 0. The van der Waals surface area contributed by atoms with Crippen LogP contribution >= 0.6 is 45.2 Å². The highest BCUT2D eigenvalue weighted by atomic mass is 127. The minimum Gasteiger partial charge on any atom is -0.371 e. The SMILES string of the molecule is CCCCCCCCC(O)(I)I. The highest BCUT2D eigenvalue weighted by Gasteiger charge is 2.15. The molecule has 0 heterocycles. The molecule has 0 aliphatic heterocycles. The second-order valence-corrected chi connectivity index (χ2v) is 8.82. The van der Waals surface area contributed by atoms with Gasteiger partial charge in [-0.25, -0.2) is 0 Å². The maximum absolute atomic E-state index is 9.39. The Morgan fingerprint density at radius 2 is 1.50 bits per heavy atom. The van der Waals surface area contributed by atoms with Crippen molar-refractivity contribution < 1.29 is 5.11 Å². The van der Waals surface area contributed by atoms with Gasteiger partial charge in [-0.05, 0) is 58.0 Å². The first-order valence-corrected chi connectivity index (χ1v) is 6.82. The summed E-state index contributed by atoms with van der Waals surface area (Å²) in [6.45, 7) is 2.23. The molecule has 74 valence electrons. The monoisotopic (exact) mass is 396 g/mol. The number of rotatable bonds is 7. The molecule has 0 fully saturated rings. The number of unbranched alkanes of at least 4 members (excludes halogenated alkanes) is 5. The molecule has 0 aromatic carbocycles. The van der Waals surface area contributed by atoms with Gasteiger partial charge >= 0.3 is 0 Å². The van der Waals surface area contributed by atoms with E-state index in [0.29, 0.717) is 0 Å². The molecule has 0 atom stereocenters. The van der Waals surface area contributed by atoms with E-state index in [9.17, 15) is 5.11 Å². The summed E-state index contributed by atoms with van der Waals surface area (Å²) in [4.78, 5) is 0. The topological polar surface area (TPSA) is 20.2 Å². The van der Waals surface area contributed by atoms with Gasteiger partial charge in [-0.1, -0.05) is 39.0 Å². The van der Waals surface area contributed by atoms with E-state index in [2.05, 4.69) is 52.1 Å². The molecule has 1 N–H and O–H groups in total. The fourth-order valence-electron chi connectivity index (χ4n) is 1.12. The first-order valence-electron chi connectivity index (χ1n) is 4.66. The van der Waals surface area contributed by atoms with Crippen LogP contribution in [0.4, 0.5) is 0 Å². The average Bonchev–Trinajstić information content (AvgIpc) is 1.94. The van der Waals surface area contributed by atoms with E-state index in [0.717, 1.165) is 12.8 Å². The summed E-state index contributed by atoms with van der Waals surface area (Å²) in [5.74, 6) is 0. The molecule has 1 nitrogen and oxygen atoms in total. The molecule has 3 heteroatoms. The Morgan fingerprint density at radius 3 is 2.00 bits per heavy atom. The number of halogens is 2. The largest absolute Gasteiger partial charge is 0.371 e. The van der Waals surface area contributed by atoms with Gasteiger partial charge in [-0.15, -0.1) is 0 Å². The second-order valence-electron chi connectivity index (χ2n) is 3.18. The van der Waals surface area contributed by atoms with Crippen LogP contribution in [0.2, 0.25) is 0 Å². The van der Waals surface area contributed by atoms with Gasteiger partial charge in [0.25, 0.3) is 0 Å². The Bertz CT molecular complexity index is 99.2. The van der Waals surface area contributed by atoms with Crippen LogP contribution < -0.4 is 0 Å². The zero-order valence-electron chi connectivity index (χ0n) is 7.65. The van der Waals surface area contributed by atoms with E-state index in [4.69, 9.17) is 0 Å². The first kappa shape index (κ1) is 13.4. The van der Waals surface area contributed by atoms with Crippen LogP contribution in [0.1, 0.15) is 51.9 Å². The number of alkyl halides is 2. The lowest BCUT2D eigenvalue weighted by Crippen LogP contribution is -2.07. The second kappa shape index (κ2) is 7.79. The highest BCUT2D eigenvalue weighted by Crippen LogP contribution is 2.29. The van der Waals surface area contributed by atoms with Crippen LogP contribution in [0.15, 0.2) is 0 Å². The zero-order valence-corrected chi connectivity index (χ0v) is 12.0. The zero-order chi connectivity index (χ0) is 9.45. The quantitative estimate of drug-likeness (QED) is 0.388. The smallest absolute Gasteiger partial charge is 0.166 e. The molecule has 0 saturated carbocycles. The molecule has 0 aliphatic rings. The Hall–Kier alpha value is 1.42. The van der Waals surface area contributed by atoms with E-state index in [-0.39, 0.29) is 0 Å². The lowest BCUT2D eigenvalue weighted by molar-refractivity contribution is 0.247. The third-order valence-corrected chi connectivity index (χ3v) is 2.91. The van der Waals surface area contributed by atoms with E-state index < -0.39 is 1.61 Å². The lowest BCUT2D eigenvalue weighted by Gasteiger charge is -2.11. The third-order valence-electron chi connectivity index (χ3n) is 1.83. The van der Waals surface area contributed by atoms with Gasteiger partial charge < -0.3 is 5.11 Å². The lowest BCUT2D eigenvalue weighted by atomic mass is 10.1. The van der Waals surface area contributed by atoms with Gasteiger partial charge in [0, 0.05) is 0 Å². The van der Waals surface area contributed by atoms with E-state index in [1.807, 2.05) is 0 Å². The normalized spacial score (nSPS) is 12.0. The van der Waals surface area contributed by atoms with Crippen molar-refractivity contribution in [3.05, 3.63) is 0 Å². The fourth-order valence-corrected chi connectivity index (χ4v) is 1.88. The summed E-state index contributed by atoms with van der Waals surface area (Å²) in [7, 11) is 0. The summed E-state index contributed by atoms with van der Waals surface area (Å²) >= 11 is 4.17. The van der Waals surface area contributed by atoms with Crippen molar-refractivity contribution >= 4 is 45.2 Å². The number of hydrogen-bond acceptors (Lipinski definition) is 1.